The van der Waals surface area contributed by atoms with Gasteiger partial charge in [0.1, 0.15) is 5.01 Å². The quantitative estimate of drug-likeness (QED) is 0.702. The highest BCUT2D eigenvalue weighted by Crippen LogP contribution is 2.21. The van der Waals surface area contributed by atoms with E-state index in [0.717, 1.165) is 15.2 Å². The van der Waals surface area contributed by atoms with Crippen LogP contribution in [0.2, 0.25) is 0 Å². The van der Waals surface area contributed by atoms with Crippen LogP contribution in [0.15, 0.2) is 41.8 Å². The average molecular weight is 330 g/mol. The summed E-state index contributed by atoms with van der Waals surface area (Å²) in [5.41, 5.74) is 0.949. The number of carbonyl (C=O) groups is 2. The highest BCUT2D eigenvalue weighted by atomic mass is 32.1. The van der Waals surface area contributed by atoms with Gasteiger partial charge in [-0.2, -0.15) is 0 Å². The normalized spacial score (nSPS) is 10.7. The number of amides is 1. The molecule has 0 saturated heterocycles. The van der Waals surface area contributed by atoms with Crippen LogP contribution in [0.5, 0.6) is 0 Å². The van der Waals surface area contributed by atoms with E-state index in [1.165, 1.54) is 11.3 Å². The van der Waals surface area contributed by atoms with Crippen LogP contribution < -0.4 is 5.32 Å². The third-order valence-electron chi connectivity index (χ3n) is 3.15. The molecule has 2 heterocycles. The van der Waals surface area contributed by atoms with Crippen LogP contribution in [0.4, 0.5) is 0 Å². The molecule has 0 aliphatic carbocycles. The number of benzene rings is 1. The van der Waals surface area contributed by atoms with Gasteiger partial charge < -0.3 is 5.32 Å². The van der Waals surface area contributed by atoms with Gasteiger partial charge in [0.05, 0.1) is 21.6 Å². The number of carbonyl (C=O) groups excluding carboxylic acids is 2. The van der Waals surface area contributed by atoms with E-state index in [1.807, 2.05) is 35.7 Å². The van der Waals surface area contributed by atoms with E-state index in [9.17, 15) is 9.59 Å². The highest BCUT2D eigenvalue weighted by Gasteiger charge is 2.10. The Morgan fingerprint density at radius 1 is 1.09 bits per heavy atom. The first kappa shape index (κ1) is 14.9. The van der Waals surface area contributed by atoms with Crippen molar-refractivity contribution in [3.63, 3.8) is 0 Å². The fourth-order valence-corrected chi connectivity index (χ4v) is 3.65. The Morgan fingerprint density at radius 3 is 2.73 bits per heavy atom. The van der Waals surface area contributed by atoms with Crippen molar-refractivity contribution in [1.29, 1.82) is 0 Å². The number of nitrogens with one attached hydrogen (secondary N) is 1. The molecular formula is C16H14N2O2S2. The Bertz CT molecular complexity index is 760. The number of ketones is 1. The lowest BCUT2D eigenvalue weighted by atomic mass is 10.2. The molecule has 4 nitrogen and oxygen atoms in total. The average Bonchev–Trinajstić information content (AvgIpc) is 3.19. The number of Topliss-reactive ketones (excluding diaryl/α,β-unsaturated/α-hetero) is 1. The number of fused-ring (bicyclic) bond motifs is 1. The molecule has 0 aliphatic heterocycles. The van der Waals surface area contributed by atoms with Crippen LogP contribution in [-0.4, -0.2) is 16.7 Å². The van der Waals surface area contributed by atoms with E-state index in [0.29, 0.717) is 11.4 Å². The van der Waals surface area contributed by atoms with Gasteiger partial charge in [-0.25, -0.2) is 4.98 Å². The fourth-order valence-electron chi connectivity index (χ4n) is 2.05. The predicted octanol–water partition coefficient (Wildman–Crippen LogP) is 3.64. The number of rotatable bonds is 6. The maximum atomic E-state index is 11.8. The molecule has 2 aromatic heterocycles. The zero-order valence-electron chi connectivity index (χ0n) is 11.7. The molecule has 1 amide bonds. The summed E-state index contributed by atoms with van der Waals surface area (Å²) in [4.78, 5) is 28.8. The number of hydrogen-bond acceptors (Lipinski definition) is 5. The second-order valence-corrected chi connectivity index (χ2v) is 6.82. The standard InChI is InChI=1S/C16H14N2O2S2/c19-12(14-6-3-9-21-14)7-8-15(20)17-10-16-18-11-4-1-2-5-13(11)22-16/h1-6,9H,7-8,10H2,(H,17,20). The topological polar surface area (TPSA) is 59.1 Å². The molecule has 0 bridgehead atoms. The molecule has 22 heavy (non-hydrogen) atoms. The van der Waals surface area contributed by atoms with Crippen LogP contribution in [-0.2, 0) is 11.3 Å². The molecular weight excluding hydrogens is 316 g/mol. The van der Waals surface area contributed by atoms with Crippen LogP contribution in [0.3, 0.4) is 0 Å². The molecule has 0 unspecified atom stereocenters. The number of thiophene rings is 1. The van der Waals surface area contributed by atoms with Gasteiger partial charge in [-0.1, -0.05) is 18.2 Å². The van der Waals surface area contributed by atoms with E-state index >= 15 is 0 Å². The van der Waals surface area contributed by atoms with Gasteiger partial charge in [-0.05, 0) is 23.6 Å². The lowest BCUT2D eigenvalue weighted by Crippen LogP contribution is -2.23. The van der Waals surface area contributed by atoms with Gasteiger partial charge >= 0.3 is 0 Å². The third-order valence-corrected chi connectivity index (χ3v) is 5.10. The minimum absolute atomic E-state index is 0.0186. The fraction of sp³-hybridized carbons (Fsp3) is 0.188. The number of para-hydroxylation sites is 1. The monoisotopic (exact) mass is 330 g/mol. The Hall–Kier alpha value is -2.05. The molecule has 6 heteroatoms. The largest absolute Gasteiger partial charge is 0.350 e. The predicted molar refractivity (Wildman–Crippen MR) is 89.4 cm³/mol. The van der Waals surface area contributed by atoms with Gasteiger partial charge in [0.2, 0.25) is 5.91 Å². The Morgan fingerprint density at radius 2 is 1.95 bits per heavy atom. The molecule has 0 saturated carbocycles. The Labute approximate surface area is 135 Å². The first-order valence-electron chi connectivity index (χ1n) is 6.90. The summed E-state index contributed by atoms with van der Waals surface area (Å²) in [6.45, 7) is 0.408. The number of hydrogen-bond donors (Lipinski definition) is 1. The number of thiazole rings is 1. The van der Waals surface area contributed by atoms with Crippen molar-refractivity contribution < 1.29 is 9.59 Å². The smallest absolute Gasteiger partial charge is 0.220 e. The van der Waals surface area contributed by atoms with Gasteiger partial charge in [0, 0.05) is 12.8 Å². The lowest BCUT2D eigenvalue weighted by Gasteiger charge is -2.02. The maximum absolute atomic E-state index is 11.8. The van der Waals surface area contributed by atoms with Crippen molar-refractivity contribution in [2.45, 2.75) is 19.4 Å². The summed E-state index contributed by atoms with van der Waals surface area (Å²) in [6.07, 6.45) is 0.452. The summed E-state index contributed by atoms with van der Waals surface area (Å²) in [5.74, 6) is -0.103. The number of aromatic nitrogens is 1. The van der Waals surface area contributed by atoms with Gasteiger partial charge in [-0.3, -0.25) is 9.59 Å². The summed E-state index contributed by atoms with van der Waals surface area (Å²) in [6, 6.07) is 11.5. The molecule has 3 aromatic rings. The second kappa shape index (κ2) is 6.81. The third kappa shape index (κ3) is 3.58. The molecule has 112 valence electrons. The Kier molecular flexibility index (Phi) is 4.60. The van der Waals surface area contributed by atoms with Crippen molar-refractivity contribution in [1.82, 2.24) is 10.3 Å². The van der Waals surface area contributed by atoms with Crippen LogP contribution in [0.1, 0.15) is 27.5 Å². The van der Waals surface area contributed by atoms with Gasteiger partial charge in [-0.15, -0.1) is 22.7 Å². The Balaban J connectivity index is 1.49. The van der Waals surface area contributed by atoms with E-state index in [-0.39, 0.29) is 24.5 Å². The van der Waals surface area contributed by atoms with Crippen molar-refractivity contribution in [2.75, 3.05) is 0 Å². The molecule has 0 atom stereocenters. The molecule has 0 spiro atoms. The van der Waals surface area contributed by atoms with Crippen molar-refractivity contribution >= 4 is 44.6 Å². The first-order chi connectivity index (χ1) is 10.7. The van der Waals surface area contributed by atoms with Crippen molar-refractivity contribution in [2.24, 2.45) is 0 Å². The SMILES string of the molecule is O=C(CCC(=O)c1cccs1)NCc1nc2ccccc2s1. The minimum atomic E-state index is -0.121. The molecule has 1 N–H and O–H groups in total. The van der Waals surface area contributed by atoms with E-state index in [2.05, 4.69) is 10.3 Å². The highest BCUT2D eigenvalue weighted by molar-refractivity contribution is 7.18. The minimum Gasteiger partial charge on any atom is -0.350 e. The van der Waals surface area contributed by atoms with Crippen molar-refractivity contribution in [3.8, 4) is 0 Å². The summed E-state index contributed by atoms with van der Waals surface area (Å²) in [7, 11) is 0. The van der Waals surface area contributed by atoms with Crippen LogP contribution in [0, 0.1) is 0 Å². The summed E-state index contributed by atoms with van der Waals surface area (Å²) >= 11 is 2.98. The summed E-state index contributed by atoms with van der Waals surface area (Å²) in [5, 5.41) is 5.56. The van der Waals surface area contributed by atoms with Crippen LogP contribution >= 0.6 is 22.7 Å². The molecule has 1 aromatic carbocycles. The van der Waals surface area contributed by atoms with Crippen LogP contribution in [0.25, 0.3) is 10.2 Å². The van der Waals surface area contributed by atoms with E-state index in [4.69, 9.17) is 0 Å². The zero-order chi connectivity index (χ0) is 15.4. The summed E-state index contributed by atoms with van der Waals surface area (Å²) < 4.78 is 1.11. The van der Waals surface area contributed by atoms with E-state index < -0.39 is 0 Å². The molecule has 3 rings (SSSR count). The molecule has 0 fully saturated rings. The lowest BCUT2D eigenvalue weighted by molar-refractivity contribution is -0.121. The molecule has 0 radical (unpaired) electrons. The number of nitrogens with zero attached hydrogens (tertiary/aromatic N) is 1. The van der Waals surface area contributed by atoms with Gasteiger partial charge in [0.25, 0.3) is 0 Å². The first-order valence-corrected chi connectivity index (χ1v) is 8.60. The van der Waals surface area contributed by atoms with Gasteiger partial charge in [0.15, 0.2) is 5.78 Å². The maximum Gasteiger partial charge on any atom is 0.220 e. The zero-order valence-corrected chi connectivity index (χ0v) is 13.4. The van der Waals surface area contributed by atoms with Crippen molar-refractivity contribution in [3.05, 3.63) is 51.7 Å². The molecule has 0 aliphatic rings. The van der Waals surface area contributed by atoms with E-state index in [1.54, 1.807) is 17.4 Å². The second-order valence-electron chi connectivity index (χ2n) is 4.75.